The molecule has 0 aliphatic carbocycles. The van der Waals surface area contributed by atoms with E-state index < -0.39 is 0 Å². The van der Waals surface area contributed by atoms with Crippen LogP contribution in [0.5, 0.6) is 0 Å². The number of aliphatic hydroxyl groups excluding tert-OH is 1. The first-order valence-corrected chi connectivity index (χ1v) is 6.11. The van der Waals surface area contributed by atoms with Crippen LogP contribution < -0.4 is 0 Å². The Morgan fingerprint density at radius 1 is 1.35 bits per heavy atom. The Kier molecular flexibility index (Phi) is 4.09. The highest BCUT2D eigenvalue weighted by atomic mass is 16.3. The van der Waals surface area contributed by atoms with Crippen LogP contribution in [-0.2, 0) is 0 Å². The molecule has 0 radical (unpaired) electrons. The highest BCUT2D eigenvalue weighted by Crippen LogP contribution is 2.21. The van der Waals surface area contributed by atoms with Crippen molar-refractivity contribution in [1.82, 2.24) is 9.88 Å². The SMILES string of the molecule is O=C(c1ccncc1)N1CCC(CCO)CC1. The number of likely N-dealkylation sites (tertiary alicyclic amines) is 1. The number of aliphatic hydroxyl groups is 1. The van der Waals surface area contributed by atoms with Gasteiger partial charge in [-0.15, -0.1) is 0 Å². The van der Waals surface area contributed by atoms with Crippen LogP contribution in [0.1, 0.15) is 29.6 Å². The summed E-state index contributed by atoms with van der Waals surface area (Å²) in [5, 5.41) is 8.88. The van der Waals surface area contributed by atoms with Crippen LogP contribution in [0.3, 0.4) is 0 Å². The monoisotopic (exact) mass is 234 g/mol. The van der Waals surface area contributed by atoms with E-state index in [0.29, 0.717) is 11.5 Å². The van der Waals surface area contributed by atoms with Gasteiger partial charge in [-0.25, -0.2) is 0 Å². The number of piperidine rings is 1. The summed E-state index contributed by atoms with van der Waals surface area (Å²) in [6.45, 7) is 1.85. The average molecular weight is 234 g/mol. The lowest BCUT2D eigenvalue weighted by Gasteiger charge is -2.31. The van der Waals surface area contributed by atoms with Crippen LogP contribution in [0.15, 0.2) is 24.5 Å². The summed E-state index contributed by atoms with van der Waals surface area (Å²) in [5.74, 6) is 0.663. The van der Waals surface area contributed by atoms with Crippen LogP contribution in [0.4, 0.5) is 0 Å². The molecule has 1 aromatic heterocycles. The zero-order chi connectivity index (χ0) is 12.1. The first kappa shape index (κ1) is 12.0. The third-order valence-corrected chi connectivity index (χ3v) is 3.37. The van der Waals surface area contributed by atoms with Gasteiger partial charge in [-0.1, -0.05) is 0 Å². The van der Waals surface area contributed by atoms with Crippen molar-refractivity contribution < 1.29 is 9.90 Å². The number of carbonyl (C=O) groups is 1. The lowest BCUT2D eigenvalue weighted by molar-refractivity contribution is 0.0678. The van der Waals surface area contributed by atoms with E-state index in [0.717, 1.165) is 32.4 Å². The van der Waals surface area contributed by atoms with Gasteiger partial charge in [0.1, 0.15) is 0 Å². The molecule has 0 aromatic carbocycles. The minimum atomic E-state index is 0.0925. The summed E-state index contributed by atoms with van der Waals surface area (Å²) in [6.07, 6.45) is 6.14. The van der Waals surface area contributed by atoms with Crippen molar-refractivity contribution in [3.05, 3.63) is 30.1 Å². The molecular weight excluding hydrogens is 216 g/mol. The van der Waals surface area contributed by atoms with Crippen LogP contribution in [-0.4, -0.2) is 40.6 Å². The van der Waals surface area contributed by atoms with E-state index >= 15 is 0 Å². The summed E-state index contributed by atoms with van der Waals surface area (Å²) < 4.78 is 0. The predicted molar refractivity (Wildman–Crippen MR) is 64.6 cm³/mol. The van der Waals surface area contributed by atoms with Crippen molar-refractivity contribution in [1.29, 1.82) is 0 Å². The minimum absolute atomic E-state index is 0.0925. The number of amides is 1. The molecule has 0 atom stereocenters. The smallest absolute Gasteiger partial charge is 0.253 e. The molecule has 4 nitrogen and oxygen atoms in total. The highest BCUT2D eigenvalue weighted by Gasteiger charge is 2.22. The molecular formula is C13H18N2O2. The number of aromatic nitrogens is 1. The lowest BCUT2D eigenvalue weighted by Crippen LogP contribution is -2.38. The minimum Gasteiger partial charge on any atom is -0.396 e. The molecule has 1 fully saturated rings. The van der Waals surface area contributed by atoms with Crippen molar-refractivity contribution >= 4 is 5.91 Å². The molecule has 0 spiro atoms. The number of nitrogens with zero attached hydrogens (tertiary/aromatic N) is 2. The van der Waals surface area contributed by atoms with Gasteiger partial charge >= 0.3 is 0 Å². The Morgan fingerprint density at radius 2 is 2.00 bits per heavy atom. The molecule has 92 valence electrons. The standard InChI is InChI=1S/C13H18N2O2/c16-10-5-11-3-8-15(9-4-11)13(17)12-1-6-14-7-2-12/h1-2,6-7,11,16H,3-5,8-10H2. The summed E-state index contributed by atoms with van der Waals surface area (Å²) >= 11 is 0. The van der Waals surface area contributed by atoms with Crippen molar-refractivity contribution in [2.75, 3.05) is 19.7 Å². The van der Waals surface area contributed by atoms with E-state index in [4.69, 9.17) is 5.11 Å². The van der Waals surface area contributed by atoms with Crippen molar-refractivity contribution in [2.24, 2.45) is 5.92 Å². The summed E-state index contributed by atoms with van der Waals surface area (Å²) in [4.78, 5) is 17.9. The molecule has 1 aliphatic heterocycles. The summed E-state index contributed by atoms with van der Waals surface area (Å²) in [5.41, 5.74) is 0.709. The quantitative estimate of drug-likeness (QED) is 0.858. The molecule has 0 unspecified atom stereocenters. The van der Waals surface area contributed by atoms with Gasteiger partial charge in [-0.05, 0) is 37.3 Å². The topological polar surface area (TPSA) is 53.4 Å². The Balaban J connectivity index is 1.91. The molecule has 1 aromatic rings. The summed E-state index contributed by atoms with van der Waals surface area (Å²) in [7, 11) is 0. The van der Waals surface area contributed by atoms with Gasteiger partial charge < -0.3 is 10.0 Å². The number of hydrogen-bond donors (Lipinski definition) is 1. The van der Waals surface area contributed by atoms with E-state index in [9.17, 15) is 4.79 Å². The molecule has 1 amide bonds. The number of hydrogen-bond acceptors (Lipinski definition) is 3. The van der Waals surface area contributed by atoms with Gasteiger partial charge in [-0.3, -0.25) is 9.78 Å². The number of pyridine rings is 1. The first-order valence-electron chi connectivity index (χ1n) is 6.11. The molecule has 0 saturated carbocycles. The van der Waals surface area contributed by atoms with E-state index in [1.807, 2.05) is 4.90 Å². The van der Waals surface area contributed by atoms with Gasteiger partial charge in [-0.2, -0.15) is 0 Å². The average Bonchev–Trinajstić information content (AvgIpc) is 2.40. The van der Waals surface area contributed by atoms with Crippen molar-refractivity contribution in [2.45, 2.75) is 19.3 Å². The van der Waals surface area contributed by atoms with Gasteiger partial charge in [0.05, 0.1) is 0 Å². The molecule has 2 rings (SSSR count). The molecule has 0 bridgehead atoms. The molecule has 2 heterocycles. The fourth-order valence-electron chi connectivity index (χ4n) is 2.28. The maximum absolute atomic E-state index is 12.1. The zero-order valence-corrected chi connectivity index (χ0v) is 9.88. The van der Waals surface area contributed by atoms with Crippen LogP contribution in [0.25, 0.3) is 0 Å². The summed E-state index contributed by atoms with van der Waals surface area (Å²) in [6, 6.07) is 3.50. The third kappa shape index (κ3) is 3.03. The second-order valence-electron chi connectivity index (χ2n) is 4.48. The van der Waals surface area contributed by atoms with Crippen LogP contribution in [0.2, 0.25) is 0 Å². The number of carbonyl (C=O) groups excluding carboxylic acids is 1. The van der Waals surface area contributed by atoms with Gasteiger partial charge in [0, 0.05) is 37.7 Å². The predicted octanol–water partition coefficient (Wildman–Crippen LogP) is 1.32. The van der Waals surface area contributed by atoms with E-state index in [-0.39, 0.29) is 12.5 Å². The largest absolute Gasteiger partial charge is 0.396 e. The van der Waals surface area contributed by atoms with E-state index in [1.165, 1.54) is 0 Å². The Labute approximate surface area is 101 Å². The van der Waals surface area contributed by atoms with Gasteiger partial charge in [0.15, 0.2) is 0 Å². The lowest BCUT2D eigenvalue weighted by atomic mass is 9.93. The second kappa shape index (κ2) is 5.77. The molecule has 1 aliphatic rings. The molecule has 17 heavy (non-hydrogen) atoms. The Bertz CT molecular complexity index is 359. The third-order valence-electron chi connectivity index (χ3n) is 3.37. The zero-order valence-electron chi connectivity index (χ0n) is 9.88. The van der Waals surface area contributed by atoms with Crippen LogP contribution in [0, 0.1) is 5.92 Å². The fraction of sp³-hybridized carbons (Fsp3) is 0.538. The first-order chi connectivity index (χ1) is 8.31. The Hall–Kier alpha value is -1.42. The normalized spacial score (nSPS) is 17.1. The molecule has 1 saturated heterocycles. The van der Waals surface area contributed by atoms with Crippen molar-refractivity contribution in [3.8, 4) is 0 Å². The second-order valence-corrected chi connectivity index (χ2v) is 4.48. The molecule has 1 N–H and O–H groups in total. The van der Waals surface area contributed by atoms with Gasteiger partial charge in [0.25, 0.3) is 5.91 Å². The fourth-order valence-corrected chi connectivity index (χ4v) is 2.28. The van der Waals surface area contributed by atoms with Gasteiger partial charge in [0.2, 0.25) is 0 Å². The Morgan fingerprint density at radius 3 is 2.59 bits per heavy atom. The highest BCUT2D eigenvalue weighted by molar-refractivity contribution is 5.94. The van der Waals surface area contributed by atoms with Crippen molar-refractivity contribution in [3.63, 3.8) is 0 Å². The number of rotatable bonds is 3. The van der Waals surface area contributed by atoms with Crippen LogP contribution >= 0.6 is 0 Å². The maximum Gasteiger partial charge on any atom is 0.253 e. The van der Waals surface area contributed by atoms with E-state index in [1.54, 1.807) is 24.5 Å². The van der Waals surface area contributed by atoms with E-state index in [2.05, 4.69) is 4.98 Å². The maximum atomic E-state index is 12.1. The molecule has 4 heteroatoms.